The van der Waals surface area contributed by atoms with Gasteiger partial charge in [-0.1, -0.05) is 45.4 Å². The molecule has 1 aliphatic heterocycles. The second kappa shape index (κ2) is 19.6. The molecule has 0 aliphatic carbocycles. The molecule has 0 spiro atoms. The third-order valence-electron chi connectivity index (χ3n) is 5.78. The molecule has 0 radical (unpaired) electrons. The molecule has 0 unspecified atom stereocenters. The number of hydrogen-bond acceptors (Lipinski definition) is 6. The topological polar surface area (TPSA) is 55.4 Å². The van der Waals surface area contributed by atoms with Crippen molar-refractivity contribution in [1.29, 1.82) is 0 Å². The fourth-order valence-corrected chi connectivity index (χ4v) is 3.03. The Morgan fingerprint density at radius 1 is 0.757 bits per heavy atom. The van der Waals surface area contributed by atoms with Crippen LogP contribution in [0.4, 0.5) is 0 Å². The normalized spacial score (nSPS) is 15.9. The Bertz CT molecular complexity index is 594. The van der Waals surface area contributed by atoms with E-state index >= 15 is 0 Å². The minimum atomic E-state index is -0.394. The largest absolute Gasteiger partial charge is 0.551 e. The van der Waals surface area contributed by atoms with Crippen LogP contribution in [0.1, 0.15) is 116 Å². The van der Waals surface area contributed by atoms with E-state index in [9.17, 15) is 0 Å². The Kier molecular flexibility index (Phi) is 20.4. The summed E-state index contributed by atoms with van der Waals surface area (Å²) >= 11 is 0. The maximum atomic E-state index is 5.76. The SMILES string of the molecule is CC(C)(C)C#CB1OC(C)(C)C(C)(C)O1.CCCCB(OC(C)C)OC(C)C.CCCCB(OC)OC. The Balaban J connectivity index is 0. The van der Waals surface area contributed by atoms with Crippen LogP contribution in [0.5, 0.6) is 0 Å². The van der Waals surface area contributed by atoms with Gasteiger partial charge in [0.05, 0.1) is 11.2 Å². The van der Waals surface area contributed by atoms with Crippen LogP contribution >= 0.6 is 0 Å². The summed E-state index contributed by atoms with van der Waals surface area (Å²) in [5.41, 5.74) is -0.585. The number of unbranched alkanes of at least 4 members (excludes halogenated alkanes) is 2. The molecule has 6 nitrogen and oxygen atoms in total. The van der Waals surface area contributed by atoms with E-state index in [2.05, 4.69) is 46.4 Å². The zero-order valence-corrected chi connectivity index (χ0v) is 27.1. The van der Waals surface area contributed by atoms with Gasteiger partial charge in [-0.05, 0) is 88.8 Å². The molecule has 1 rings (SSSR count). The van der Waals surface area contributed by atoms with E-state index < -0.39 is 7.12 Å². The van der Waals surface area contributed by atoms with Crippen LogP contribution in [0.15, 0.2) is 0 Å². The van der Waals surface area contributed by atoms with Crippen LogP contribution < -0.4 is 0 Å². The van der Waals surface area contributed by atoms with Gasteiger partial charge in [0.1, 0.15) is 0 Å². The van der Waals surface area contributed by atoms with Crippen molar-refractivity contribution in [2.75, 3.05) is 14.2 Å². The van der Waals surface area contributed by atoms with Gasteiger partial charge in [0.25, 0.3) is 0 Å². The van der Waals surface area contributed by atoms with Crippen LogP contribution in [0.3, 0.4) is 0 Å². The quantitative estimate of drug-likeness (QED) is 0.197. The maximum absolute atomic E-state index is 5.76. The molecule has 0 saturated carbocycles. The van der Waals surface area contributed by atoms with Gasteiger partial charge in [0, 0.05) is 31.8 Å². The van der Waals surface area contributed by atoms with Crippen molar-refractivity contribution in [2.24, 2.45) is 5.41 Å². The molecule has 1 aliphatic rings. The molecule has 0 aromatic rings. The number of rotatable bonds is 12. The zero-order valence-electron chi connectivity index (χ0n) is 27.1. The Morgan fingerprint density at radius 2 is 1.14 bits per heavy atom. The molecule has 0 atom stereocenters. The first kappa shape index (κ1) is 38.7. The predicted octanol–water partition coefficient (Wildman–Crippen LogP) is 7.36. The lowest BCUT2D eigenvalue weighted by atomic mass is 9.81. The molecule has 0 amide bonds. The summed E-state index contributed by atoms with van der Waals surface area (Å²) in [5, 5.41) is 0. The van der Waals surface area contributed by atoms with Crippen LogP contribution in [-0.4, -0.2) is 59.0 Å². The molecule has 0 aromatic carbocycles. The second-order valence-electron chi connectivity index (χ2n) is 12.1. The zero-order chi connectivity index (χ0) is 29.3. The summed E-state index contributed by atoms with van der Waals surface area (Å²) in [6.45, 7) is 26.9. The van der Waals surface area contributed by atoms with E-state index in [1.165, 1.54) is 25.7 Å². The molecule has 37 heavy (non-hydrogen) atoms. The van der Waals surface area contributed by atoms with Gasteiger partial charge in [-0.2, -0.15) is 0 Å². The maximum Gasteiger partial charge on any atom is 0.551 e. The van der Waals surface area contributed by atoms with Crippen LogP contribution in [0, 0.1) is 17.2 Å². The Labute approximate surface area is 232 Å². The van der Waals surface area contributed by atoms with Gasteiger partial charge in [-0.25, -0.2) is 0 Å². The van der Waals surface area contributed by atoms with Crippen molar-refractivity contribution in [3.63, 3.8) is 0 Å². The predicted molar refractivity (Wildman–Crippen MR) is 161 cm³/mol. The van der Waals surface area contributed by atoms with E-state index in [4.69, 9.17) is 27.9 Å². The van der Waals surface area contributed by atoms with Gasteiger partial charge >= 0.3 is 21.4 Å². The van der Waals surface area contributed by atoms with Crippen molar-refractivity contribution in [3.05, 3.63) is 0 Å². The van der Waals surface area contributed by atoms with E-state index in [0.717, 1.165) is 12.6 Å². The van der Waals surface area contributed by atoms with Crippen molar-refractivity contribution in [2.45, 2.75) is 152 Å². The molecule has 0 bridgehead atoms. The lowest BCUT2D eigenvalue weighted by Crippen LogP contribution is -2.41. The summed E-state index contributed by atoms with van der Waals surface area (Å²) < 4.78 is 32.8. The monoisotopic (exact) mass is 524 g/mol. The molecule has 1 saturated heterocycles. The van der Waals surface area contributed by atoms with Crippen LogP contribution in [0.25, 0.3) is 0 Å². The summed E-state index contributed by atoms with van der Waals surface area (Å²) in [5.74, 6) is 6.18. The van der Waals surface area contributed by atoms with Gasteiger partial charge in [0.2, 0.25) is 0 Å². The van der Waals surface area contributed by atoms with Crippen LogP contribution in [-0.2, 0) is 27.9 Å². The average molecular weight is 524 g/mol. The van der Waals surface area contributed by atoms with Crippen molar-refractivity contribution < 1.29 is 27.9 Å². The van der Waals surface area contributed by atoms with Crippen molar-refractivity contribution >= 4 is 21.4 Å². The third kappa shape index (κ3) is 20.1. The summed E-state index contributed by atoms with van der Waals surface area (Å²) in [4.78, 5) is 0. The van der Waals surface area contributed by atoms with Gasteiger partial charge in [-0.15, -0.1) is 5.92 Å². The van der Waals surface area contributed by atoms with Gasteiger partial charge in [0.15, 0.2) is 0 Å². The summed E-state index contributed by atoms with van der Waals surface area (Å²) in [7, 11) is 2.94. The smallest absolute Gasteiger partial charge is 0.414 e. The lowest BCUT2D eigenvalue weighted by molar-refractivity contribution is 0.00578. The highest BCUT2D eigenvalue weighted by molar-refractivity contribution is 6.55. The molecule has 1 fully saturated rings. The minimum Gasteiger partial charge on any atom is -0.414 e. The highest BCUT2D eigenvalue weighted by atomic mass is 16.7. The van der Waals surface area contributed by atoms with Gasteiger partial charge < -0.3 is 27.9 Å². The number of hydrogen-bond donors (Lipinski definition) is 0. The highest BCUT2D eigenvalue weighted by Gasteiger charge is 2.50. The Hall–Kier alpha value is -0.485. The first-order valence-corrected chi connectivity index (χ1v) is 14.2. The van der Waals surface area contributed by atoms with E-state index in [-0.39, 0.29) is 43.1 Å². The lowest BCUT2D eigenvalue weighted by Gasteiger charge is -2.32. The minimum absolute atomic E-state index is 0.00458. The fourth-order valence-electron chi connectivity index (χ4n) is 3.03. The summed E-state index contributed by atoms with van der Waals surface area (Å²) in [6, 6.07) is 0. The standard InChI is InChI=1S/C12H21BO2.C10H23BO2.C6H15BO2/c1-10(2,3)8-9-13-14-11(4,5)12(6,7)15-13;1-6-7-8-11(12-9(2)3)13-10(4)5;1-4-5-6-7(8-2)9-3/h1-7H3;9-10H,6-8H2,1-5H3;4-6H2,1-3H3. The first-order chi connectivity index (χ1) is 16.9. The van der Waals surface area contributed by atoms with Gasteiger partial charge in [-0.3, -0.25) is 0 Å². The highest BCUT2D eigenvalue weighted by Crippen LogP contribution is 2.36. The van der Waals surface area contributed by atoms with E-state index in [0.29, 0.717) is 0 Å². The third-order valence-corrected chi connectivity index (χ3v) is 5.78. The Morgan fingerprint density at radius 3 is 1.43 bits per heavy atom. The second-order valence-corrected chi connectivity index (χ2v) is 12.1. The van der Waals surface area contributed by atoms with Crippen molar-refractivity contribution in [1.82, 2.24) is 0 Å². The molecular formula is C28H59B3O6. The molecule has 9 heteroatoms. The van der Waals surface area contributed by atoms with E-state index in [1.807, 2.05) is 55.4 Å². The van der Waals surface area contributed by atoms with Crippen molar-refractivity contribution in [3.8, 4) is 11.7 Å². The molecule has 1 heterocycles. The fraction of sp³-hybridized carbons (Fsp3) is 0.929. The molecule has 0 aromatic heterocycles. The summed E-state index contributed by atoms with van der Waals surface area (Å²) in [6.07, 6.45) is 7.25. The molecule has 0 N–H and O–H groups in total. The first-order valence-electron chi connectivity index (χ1n) is 14.2. The van der Waals surface area contributed by atoms with Crippen LogP contribution in [0.2, 0.25) is 12.6 Å². The molecular weight excluding hydrogens is 465 g/mol. The average Bonchev–Trinajstić information content (AvgIpc) is 2.97. The molecule has 216 valence electrons. The van der Waals surface area contributed by atoms with E-state index in [1.54, 1.807) is 14.2 Å².